The average Bonchev–Trinajstić information content (AvgIpc) is 2.80. The van der Waals surface area contributed by atoms with E-state index in [2.05, 4.69) is 37.9 Å². The Morgan fingerprint density at radius 3 is 2.63 bits per heavy atom. The lowest BCUT2D eigenvalue weighted by Crippen LogP contribution is -2.26. The molecule has 0 fully saturated rings. The second-order valence-corrected chi connectivity index (χ2v) is 5.89. The van der Waals surface area contributed by atoms with Crippen molar-refractivity contribution in [3.05, 3.63) is 10.6 Å². The third kappa shape index (κ3) is 5.09. The van der Waals surface area contributed by atoms with Crippen molar-refractivity contribution in [2.45, 2.75) is 46.7 Å². The third-order valence-corrected chi connectivity index (χ3v) is 4.15. The SMILES string of the molecule is CCc1nc(N(CC)CCOC)sc1CNC(C)C. The molecule has 0 aliphatic carbocycles. The first-order chi connectivity index (χ1) is 9.12. The number of thiazole rings is 1. The number of nitrogens with zero attached hydrogens (tertiary/aromatic N) is 2. The maximum atomic E-state index is 5.16. The highest BCUT2D eigenvalue weighted by atomic mass is 32.1. The molecule has 0 unspecified atom stereocenters. The van der Waals surface area contributed by atoms with E-state index in [-0.39, 0.29) is 0 Å². The van der Waals surface area contributed by atoms with E-state index in [9.17, 15) is 0 Å². The molecule has 1 N–H and O–H groups in total. The van der Waals surface area contributed by atoms with Crippen LogP contribution in [0.4, 0.5) is 5.13 Å². The van der Waals surface area contributed by atoms with Gasteiger partial charge in [0.25, 0.3) is 0 Å². The number of rotatable bonds is 9. The topological polar surface area (TPSA) is 37.4 Å². The fourth-order valence-electron chi connectivity index (χ4n) is 1.81. The molecule has 1 aromatic rings. The molecule has 0 saturated carbocycles. The Morgan fingerprint density at radius 1 is 1.37 bits per heavy atom. The van der Waals surface area contributed by atoms with Crippen molar-refractivity contribution < 1.29 is 4.74 Å². The predicted octanol–water partition coefficient (Wildman–Crippen LogP) is 2.68. The summed E-state index contributed by atoms with van der Waals surface area (Å²) in [4.78, 5) is 8.43. The second-order valence-electron chi connectivity index (χ2n) is 4.83. The molecule has 1 rings (SSSR count). The Hall–Kier alpha value is -0.650. The fraction of sp³-hybridized carbons (Fsp3) is 0.786. The first-order valence-electron chi connectivity index (χ1n) is 7.08. The summed E-state index contributed by atoms with van der Waals surface area (Å²) in [7, 11) is 1.74. The summed E-state index contributed by atoms with van der Waals surface area (Å²) in [6, 6.07) is 0.506. The lowest BCUT2D eigenvalue weighted by Gasteiger charge is -2.18. The van der Waals surface area contributed by atoms with E-state index in [1.54, 1.807) is 18.4 Å². The van der Waals surface area contributed by atoms with E-state index < -0.39 is 0 Å². The van der Waals surface area contributed by atoms with E-state index in [1.807, 2.05) is 0 Å². The summed E-state index contributed by atoms with van der Waals surface area (Å²) >= 11 is 1.81. The van der Waals surface area contributed by atoms with Crippen molar-refractivity contribution >= 4 is 16.5 Å². The van der Waals surface area contributed by atoms with Crippen LogP contribution in [0.1, 0.15) is 38.3 Å². The second kappa shape index (κ2) is 8.51. The van der Waals surface area contributed by atoms with Crippen molar-refractivity contribution in [3.63, 3.8) is 0 Å². The van der Waals surface area contributed by atoms with Gasteiger partial charge in [-0.15, -0.1) is 11.3 Å². The molecular formula is C14H27N3OS. The van der Waals surface area contributed by atoms with Gasteiger partial charge in [0.05, 0.1) is 12.3 Å². The van der Waals surface area contributed by atoms with Crippen molar-refractivity contribution in [1.82, 2.24) is 10.3 Å². The monoisotopic (exact) mass is 285 g/mol. The summed E-state index contributed by atoms with van der Waals surface area (Å²) in [5.74, 6) is 0. The minimum absolute atomic E-state index is 0.506. The number of methoxy groups -OCH3 is 1. The quantitative estimate of drug-likeness (QED) is 0.757. The molecule has 4 nitrogen and oxygen atoms in total. The van der Waals surface area contributed by atoms with E-state index in [4.69, 9.17) is 9.72 Å². The van der Waals surface area contributed by atoms with Gasteiger partial charge in [0, 0.05) is 37.7 Å². The number of nitrogens with one attached hydrogen (secondary N) is 1. The minimum Gasteiger partial charge on any atom is -0.383 e. The Kier molecular flexibility index (Phi) is 7.34. The van der Waals surface area contributed by atoms with Crippen LogP contribution in [0.5, 0.6) is 0 Å². The molecule has 0 atom stereocenters. The van der Waals surface area contributed by atoms with Gasteiger partial charge in [-0.3, -0.25) is 0 Å². The smallest absolute Gasteiger partial charge is 0.185 e. The normalized spacial score (nSPS) is 11.3. The zero-order valence-corrected chi connectivity index (χ0v) is 13.6. The molecule has 0 aliphatic heterocycles. The van der Waals surface area contributed by atoms with Crippen LogP contribution >= 0.6 is 11.3 Å². The number of aryl methyl sites for hydroxylation is 1. The molecule has 110 valence electrons. The van der Waals surface area contributed by atoms with Gasteiger partial charge in [-0.05, 0) is 13.3 Å². The standard InChI is InChI=1S/C14H27N3OS/c1-6-12-13(10-15-11(3)4)19-14(16-12)17(7-2)8-9-18-5/h11,15H,6-10H2,1-5H3. The van der Waals surface area contributed by atoms with Crippen LogP contribution < -0.4 is 10.2 Å². The maximum absolute atomic E-state index is 5.16. The molecule has 0 radical (unpaired) electrons. The highest BCUT2D eigenvalue weighted by Gasteiger charge is 2.14. The van der Waals surface area contributed by atoms with Gasteiger partial charge in [0.2, 0.25) is 0 Å². The number of ether oxygens (including phenoxy) is 1. The molecule has 0 spiro atoms. The summed E-state index contributed by atoms with van der Waals surface area (Å²) in [5.41, 5.74) is 1.23. The number of anilines is 1. The molecule has 0 amide bonds. The number of likely N-dealkylation sites (N-methyl/N-ethyl adjacent to an activating group) is 1. The lowest BCUT2D eigenvalue weighted by molar-refractivity contribution is 0.205. The number of hydrogen-bond acceptors (Lipinski definition) is 5. The van der Waals surface area contributed by atoms with Crippen LogP contribution in [-0.2, 0) is 17.7 Å². The molecule has 1 aromatic heterocycles. The highest BCUT2D eigenvalue weighted by Crippen LogP contribution is 2.26. The van der Waals surface area contributed by atoms with Crippen molar-refractivity contribution in [3.8, 4) is 0 Å². The molecule has 0 saturated heterocycles. The maximum Gasteiger partial charge on any atom is 0.185 e. The van der Waals surface area contributed by atoms with Crippen LogP contribution in [0.15, 0.2) is 0 Å². The largest absolute Gasteiger partial charge is 0.383 e. The zero-order chi connectivity index (χ0) is 14.3. The van der Waals surface area contributed by atoms with Gasteiger partial charge in [-0.25, -0.2) is 4.98 Å². The molecule has 0 aliphatic rings. The molecule has 1 heterocycles. The molecule has 0 aromatic carbocycles. The predicted molar refractivity (Wildman–Crippen MR) is 83.2 cm³/mol. The van der Waals surface area contributed by atoms with Gasteiger partial charge in [0.15, 0.2) is 5.13 Å². The highest BCUT2D eigenvalue weighted by molar-refractivity contribution is 7.15. The Balaban J connectivity index is 2.78. The Bertz CT molecular complexity index is 366. The average molecular weight is 285 g/mol. The summed E-state index contributed by atoms with van der Waals surface area (Å²) in [6.07, 6.45) is 0.993. The minimum atomic E-state index is 0.506. The van der Waals surface area contributed by atoms with Gasteiger partial charge >= 0.3 is 0 Å². The van der Waals surface area contributed by atoms with Gasteiger partial charge in [-0.2, -0.15) is 0 Å². The lowest BCUT2D eigenvalue weighted by atomic mass is 10.3. The van der Waals surface area contributed by atoms with Crippen LogP contribution in [0.3, 0.4) is 0 Å². The van der Waals surface area contributed by atoms with Crippen LogP contribution in [0.2, 0.25) is 0 Å². The van der Waals surface area contributed by atoms with Gasteiger partial charge in [0.1, 0.15) is 0 Å². The molecule has 5 heteroatoms. The zero-order valence-electron chi connectivity index (χ0n) is 12.8. The van der Waals surface area contributed by atoms with Crippen LogP contribution in [0, 0.1) is 0 Å². The summed E-state index contributed by atoms with van der Waals surface area (Å²) < 4.78 is 5.16. The van der Waals surface area contributed by atoms with Gasteiger partial charge < -0.3 is 15.0 Å². The Labute approximate surface area is 121 Å². The van der Waals surface area contributed by atoms with E-state index in [0.29, 0.717) is 6.04 Å². The van der Waals surface area contributed by atoms with E-state index in [1.165, 1.54) is 10.6 Å². The number of aromatic nitrogens is 1. The van der Waals surface area contributed by atoms with Crippen molar-refractivity contribution in [2.75, 3.05) is 31.7 Å². The van der Waals surface area contributed by atoms with Gasteiger partial charge in [-0.1, -0.05) is 20.8 Å². The van der Waals surface area contributed by atoms with Crippen molar-refractivity contribution in [1.29, 1.82) is 0 Å². The summed E-state index contributed by atoms with van der Waals surface area (Å²) in [5, 5.41) is 4.60. The first kappa shape index (κ1) is 16.4. The molecule has 0 bridgehead atoms. The Morgan fingerprint density at radius 2 is 2.11 bits per heavy atom. The number of hydrogen-bond donors (Lipinski definition) is 1. The first-order valence-corrected chi connectivity index (χ1v) is 7.89. The van der Waals surface area contributed by atoms with E-state index >= 15 is 0 Å². The van der Waals surface area contributed by atoms with Crippen molar-refractivity contribution in [2.24, 2.45) is 0 Å². The molecule has 19 heavy (non-hydrogen) atoms. The van der Waals surface area contributed by atoms with E-state index in [0.717, 1.165) is 37.8 Å². The fourth-order valence-corrected chi connectivity index (χ4v) is 3.00. The molecular weight excluding hydrogens is 258 g/mol. The van der Waals surface area contributed by atoms with Crippen LogP contribution in [-0.4, -0.2) is 37.8 Å². The van der Waals surface area contributed by atoms with Crippen LogP contribution in [0.25, 0.3) is 0 Å². The third-order valence-electron chi connectivity index (χ3n) is 2.99. The summed E-state index contributed by atoms with van der Waals surface area (Å²) in [6.45, 7) is 12.2.